The van der Waals surface area contributed by atoms with Crippen LogP contribution in [0.3, 0.4) is 0 Å². The van der Waals surface area contributed by atoms with Gasteiger partial charge in [-0.15, -0.1) is 0 Å². The van der Waals surface area contributed by atoms with Gasteiger partial charge in [-0.05, 0) is 11.6 Å². The first-order chi connectivity index (χ1) is 9.63. The molecule has 0 aliphatic heterocycles. The topological polar surface area (TPSA) is 66.2 Å². The molecule has 0 aliphatic rings. The fourth-order valence-corrected chi connectivity index (χ4v) is 1.75. The van der Waals surface area contributed by atoms with Crippen LogP contribution in [0.1, 0.15) is 21.6 Å². The molecule has 0 aromatic carbocycles. The van der Waals surface area contributed by atoms with E-state index in [0.29, 0.717) is 17.8 Å². The van der Waals surface area contributed by atoms with Gasteiger partial charge in [0.05, 0.1) is 20.3 Å². The summed E-state index contributed by atoms with van der Waals surface area (Å²) in [5, 5.41) is 4.26. The molecule has 2 aromatic rings. The van der Waals surface area contributed by atoms with Gasteiger partial charge in [0.15, 0.2) is 0 Å². The highest BCUT2D eigenvalue weighted by Gasteiger charge is 2.16. The molecule has 0 N–H and O–H groups in total. The molecule has 0 amide bonds. The minimum Gasteiger partial charge on any atom is -0.465 e. The quantitative estimate of drug-likeness (QED) is 0.611. The van der Waals surface area contributed by atoms with Gasteiger partial charge >= 0.3 is 5.97 Å². The summed E-state index contributed by atoms with van der Waals surface area (Å²) in [5.41, 5.74) is 1.62. The predicted molar refractivity (Wildman–Crippen MR) is 67.6 cm³/mol. The third-order valence-electron chi connectivity index (χ3n) is 2.66. The van der Waals surface area contributed by atoms with Gasteiger partial charge in [0.25, 0.3) is 0 Å². The van der Waals surface area contributed by atoms with E-state index >= 15 is 0 Å². The van der Waals surface area contributed by atoms with E-state index in [2.05, 4.69) is 10.1 Å². The molecule has 0 radical (unpaired) electrons. The van der Waals surface area contributed by atoms with E-state index in [0.717, 1.165) is 5.56 Å². The van der Waals surface area contributed by atoms with Gasteiger partial charge in [0.1, 0.15) is 11.3 Å². The Morgan fingerprint density at radius 2 is 2.20 bits per heavy atom. The number of hydrogen-bond acceptors (Lipinski definition) is 5. The Hall–Kier alpha value is -2.28. The van der Waals surface area contributed by atoms with Crippen LogP contribution in [0.2, 0.25) is 0 Å². The van der Waals surface area contributed by atoms with Gasteiger partial charge in [-0.25, -0.2) is 9.78 Å². The first-order valence-corrected chi connectivity index (χ1v) is 5.88. The fraction of sp³-hybridized carbons (Fsp3) is 0.308. The maximum atomic E-state index is 12.7. The van der Waals surface area contributed by atoms with Crippen LogP contribution >= 0.6 is 0 Å². The van der Waals surface area contributed by atoms with Gasteiger partial charge in [-0.1, -0.05) is 6.07 Å². The molecule has 2 aromatic heterocycles. The van der Waals surface area contributed by atoms with E-state index < -0.39 is 11.9 Å². The molecule has 2 rings (SSSR count). The van der Waals surface area contributed by atoms with Crippen LogP contribution in [0.4, 0.5) is 4.39 Å². The molecule has 0 fully saturated rings. The van der Waals surface area contributed by atoms with Crippen LogP contribution in [0.25, 0.3) is 0 Å². The van der Waals surface area contributed by atoms with E-state index in [1.54, 1.807) is 16.9 Å². The van der Waals surface area contributed by atoms with Crippen LogP contribution in [0.5, 0.6) is 0 Å². The minimum atomic E-state index is -0.537. The SMILES string of the molecule is COCc1nn(Cc2ccc(F)nc2)cc1C(=O)OC. The Bertz CT molecular complexity index is 595. The summed E-state index contributed by atoms with van der Waals surface area (Å²) >= 11 is 0. The smallest absolute Gasteiger partial charge is 0.341 e. The number of carbonyl (C=O) groups excluding carboxylic acids is 1. The van der Waals surface area contributed by atoms with Crippen molar-refractivity contribution in [3.8, 4) is 0 Å². The Labute approximate surface area is 115 Å². The lowest BCUT2D eigenvalue weighted by atomic mass is 10.2. The largest absolute Gasteiger partial charge is 0.465 e. The second-order valence-electron chi connectivity index (χ2n) is 4.10. The van der Waals surface area contributed by atoms with Crippen LogP contribution in [-0.2, 0) is 22.6 Å². The molecular formula is C13H14FN3O3. The summed E-state index contributed by atoms with van der Waals surface area (Å²) in [6.45, 7) is 0.583. The predicted octanol–water partition coefficient (Wildman–Crippen LogP) is 1.40. The molecule has 0 saturated carbocycles. The molecule has 106 valence electrons. The van der Waals surface area contributed by atoms with E-state index in [9.17, 15) is 9.18 Å². The van der Waals surface area contributed by atoms with E-state index in [-0.39, 0.29) is 6.61 Å². The first-order valence-electron chi connectivity index (χ1n) is 5.88. The zero-order valence-electron chi connectivity index (χ0n) is 11.2. The van der Waals surface area contributed by atoms with E-state index in [1.807, 2.05) is 0 Å². The van der Waals surface area contributed by atoms with Gasteiger partial charge in [-0.2, -0.15) is 9.49 Å². The Kier molecular flexibility index (Phi) is 4.41. The third kappa shape index (κ3) is 3.18. The minimum absolute atomic E-state index is 0.207. The summed E-state index contributed by atoms with van der Waals surface area (Å²) in [5.74, 6) is -1.01. The molecule has 2 heterocycles. The average molecular weight is 279 g/mol. The number of methoxy groups -OCH3 is 2. The van der Waals surface area contributed by atoms with Crippen LogP contribution in [-0.4, -0.2) is 35.0 Å². The molecule has 6 nitrogen and oxygen atoms in total. The molecule has 0 saturated heterocycles. The zero-order valence-corrected chi connectivity index (χ0v) is 11.2. The Morgan fingerprint density at radius 1 is 1.40 bits per heavy atom. The van der Waals surface area contributed by atoms with Crippen molar-refractivity contribution in [3.05, 3.63) is 47.3 Å². The lowest BCUT2D eigenvalue weighted by molar-refractivity contribution is 0.0595. The standard InChI is InChI=1S/C13H14FN3O3/c1-19-8-11-10(13(18)20-2)7-17(16-11)6-9-3-4-12(14)15-5-9/h3-5,7H,6,8H2,1-2H3. The molecule has 0 unspecified atom stereocenters. The highest BCUT2D eigenvalue weighted by molar-refractivity contribution is 5.90. The van der Waals surface area contributed by atoms with Crippen molar-refractivity contribution in [3.63, 3.8) is 0 Å². The van der Waals surface area contributed by atoms with Crippen molar-refractivity contribution in [1.82, 2.24) is 14.8 Å². The fourth-order valence-electron chi connectivity index (χ4n) is 1.75. The molecular weight excluding hydrogens is 265 g/mol. The highest BCUT2D eigenvalue weighted by atomic mass is 19.1. The van der Waals surface area contributed by atoms with Gasteiger partial charge in [0, 0.05) is 19.5 Å². The van der Waals surface area contributed by atoms with Crippen molar-refractivity contribution in [2.24, 2.45) is 0 Å². The van der Waals surface area contributed by atoms with Crippen LogP contribution in [0, 0.1) is 5.95 Å². The third-order valence-corrected chi connectivity index (χ3v) is 2.66. The number of esters is 1. The number of hydrogen-bond donors (Lipinski definition) is 0. The number of aromatic nitrogens is 3. The normalized spacial score (nSPS) is 10.6. The van der Waals surface area contributed by atoms with Crippen LogP contribution < -0.4 is 0 Å². The van der Waals surface area contributed by atoms with Gasteiger partial charge in [-0.3, -0.25) is 4.68 Å². The first kappa shape index (κ1) is 14.1. The number of pyridine rings is 1. The van der Waals surface area contributed by atoms with Gasteiger partial charge < -0.3 is 9.47 Å². The van der Waals surface area contributed by atoms with E-state index in [1.165, 1.54) is 26.5 Å². The lowest BCUT2D eigenvalue weighted by Gasteiger charge is -2.00. The van der Waals surface area contributed by atoms with E-state index in [4.69, 9.17) is 9.47 Å². The highest BCUT2D eigenvalue weighted by Crippen LogP contribution is 2.11. The summed E-state index contributed by atoms with van der Waals surface area (Å²) < 4.78 is 24.0. The van der Waals surface area contributed by atoms with Crippen molar-refractivity contribution in [2.75, 3.05) is 14.2 Å². The number of nitrogens with zero attached hydrogens (tertiary/aromatic N) is 3. The molecule has 0 atom stereocenters. The zero-order chi connectivity index (χ0) is 14.5. The molecule has 0 bridgehead atoms. The molecule has 0 spiro atoms. The van der Waals surface area contributed by atoms with Crippen LogP contribution in [0.15, 0.2) is 24.5 Å². The second-order valence-corrected chi connectivity index (χ2v) is 4.10. The molecule has 7 heteroatoms. The van der Waals surface area contributed by atoms with Crippen molar-refractivity contribution in [2.45, 2.75) is 13.2 Å². The average Bonchev–Trinajstić information content (AvgIpc) is 2.84. The lowest BCUT2D eigenvalue weighted by Crippen LogP contribution is -2.04. The number of halogens is 1. The maximum Gasteiger partial charge on any atom is 0.341 e. The number of ether oxygens (including phenoxy) is 2. The van der Waals surface area contributed by atoms with Crippen molar-refractivity contribution >= 4 is 5.97 Å². The second kappa shape index (κ2) is 6.25. The monoisotopic (exact) mass is 279 g/mol. The number of carbonyl (C=O) groups is 1. The van der Waals surface area contributed by atoms with Gasteiger partial charge in [0.2, 0.25) is 5.95 Å². The maximum absolute atomic E-state index is 12.7. The summed E-state index contributed by atoms with van der Waals surface area (Å²) in [7, 11) is 2.82. The summed E-state index contributed by atoms with van der Waals surface area (Å²) in [6, 6.07) is 2.88. The number of rotatable bonds is 5. The Balaban J connectivity index is 2.23. The van der Waals surface area contributed by atoms with Crippen molar-refractivity contribution in [1.29, 1.82) is 0 Å². The summed E-state index contributed by atoms with van der Waals surface area (Å²) in [4.78, 5) is 15.2. The summed E-state index contributed by atoms with van der Waals surface area (Å²) in [6.07, 6.45) is 2.99. The Morgan fingerprint density at radius 3 is 2.80 bits per heavy atom. The molecule has 0 aliphatic carbocycles. The van der Waals surface area contributed by atoms with Crippen molar-refractivity contribution < 1.29 is 18.7 Å². The molecule has 20 heavy (non-hydrogen) atoms.